The lowest BCUT2D eigenvalue weighted by molar-refractivity contribution is -0.416. The van der Waals surface area contributed by atoms with E-state index < -0.39 is 123 Å². The maximum absolute atomic E-state index is 14.0. The van der Waals surface area contributed by atoms with Gasteiger partial charge < -0.3 is 99.8 Å². The molecule has 20 atom stereocenters. The molecule has 4 saturated heterocycles. The minimum absolute atomic E-state index is 0.00207. The number of aliphatic hydroxyl groups excluding tert-OH is 1. The molecule has 16 rings (SSSR count). The van der Waals surface area contributed by atoms with Gasteiger partial charge in [-0.3, -0.25) is 0 Å². The van der Waals surface area contributed by atoms with Crippen molar-refractivity contribution >= 4 is 69.6 Å². The van der Waals surface area contributed by atoms with Gasteiger partial charge in [-0.2, -0.15) is 0 Å². The van der Waals surface area contributed by atoms with Gasteiger partial charge in [-0.25, -0.2) is 0 Å². The summed E-state index contributed by atoms with van der Waals surface area (Å²) in [6.45, 7) is 4.15. The second-order valence-corrected chi connectivity index (χ2v) is 36.6. The van der Waals surface area contributed by atoms with Crippen LogP contribution < -0.4 is 0 Å². The zero-order valence-corrected chi connectivity index (χ0v) is 80.4. The van der Waals surface area contributed by atoms with Crippen LogP contribution in [0.15, 0.2) is 340 Å². The van der Waals surface area contributed by atoms with Crippen LogP contribution in [0.3, 0.4) is 0 Å². The fourth-order valence-corrected chi connectivity index (χ4v) is 17.6. The van der Waals surface area contributed by atoms with E-state index in [2.05, 4.69) is 6.58 Å². The molecule has 27 heteroatoms. The van der Waals surface area contributed by atoms with Crippen molar-refractivity contribution in [1.29, 1.82) is 0 Å². The van der Waals surface area contributed by atoms with Gasteiger partial charge in [0.2, 0.25) is 0 Å². The Morgan fingerprint density at radius 3 is 0.652 bits per heavy atom. The van der Waals surface area contributed by atoms with Crippen LogP contribution in [0.4, 0.5) is 0 Å². The number of ether oxygens (including phenoxy) is 20. The van der Waals surface area contributed by atoms with E-state index in [1.165, 1.54) is 0 Å². The summed E-state index contributed by atoms with van der Waals surface area (Å²) in [5.41, 5.74) is 9.66. The van der Waals surface area contributed by atoms with Crippen LogP contribution in [0.1, 0.15) is 66.8 Å². The average molecular weight is 1990 g/mol. The third kappa shape index (κ3) is 30.2. The maximum Gasteiger partial charge on any atom is 0.187 e. The Hall–Kier alpha value is -8.72. The Labute approximate surface area is 835 Å². The van der Waals surface area contributed by atoms with Gasteiger partial charge >= 0.3 is 0 Å². The Bertz CT molecular complexity index is 5520. The molecule has 724 valence electrons. The van der Waals surface area contributed by atoms with Gasteiger partial charge in [0.25, 0.3) is 0 Å². The molecule has 12 aromatic carbocycles. The first kappa shape index (κ1) is 102. The van der Waals surface area contributed by atoms with Gasteiger partial charge in [-0.05, 0) is 140 Å². The van der Waals surface area contributed by atoms with Crippen LogP contribution in [0.2, 0.25) is 30.1 Å². The smallest absolute Gasteiger partial charge is 0.187 e. The molecular weight excluding hydrogens is 1880 g/mol. The molecule has 4 heterocycles. The molecule has 0 saturated carbocycles. The van der Waals surface area contributed by atoms with E-state index in [9.17, 15) is 5.11 Å². The van der Waals surface area contributed by atoms with Crippen LogP contribution in [0.5, 0.6) is 0 Å². The molecule has 0 amide bonds. The summed E-state index contributed by atoms with van der Waals surface area (Å²) >= 11 is 39.5. The van der Waals surface area contributed by atoms with Crippen molar-refractivity contribution in [2.24, 2.45) is 0 Å². The van der Waals surface area contributed by atoms with Gasteiger partial charge in [0.05, 0.1) is 112 Å². The SMILES string of the molecule is C=CCO[C@@H]1O[C@H](COCc2ccccc2)[C@@H](OCc2ccccc2)[C@H](OCc2ccccc2)[C@@H]1O[C@@H]1O[C@H](COCc2ccccc2)[C@@H](OCc2ccccc2)[C@H](OCc2ccccc2)[C@@H]1O[C@@H]1O[C@H](COCc2ccc(Cl)cc2)[C@@H](OCc2ccc(Cl)cc2)[C@H](OCc2ccc(Cl)cc2)[C@@H]1O[C@@H]1O[C@H](COCc2ccc(Cl)cc2)[C@@H](OCc2ccc(Cl)cc2)[C@H](OCc2ccc(Cl)cc2)[C@@H]1O. The van der Waals surface area contributed by atoms with Crippen molar-refractivity contribution in [2.75, 3.05) is 33.0 Å². The predicted molar refractivity (Wildman–Crippen MR) is 526 cm³/mol. The molecule has 4 aliphatic heterocycles. The zero-order chi connectivity index (χ0) is 95.0. The van der Waals surface area contributed by atoms with Crippen LogP contribution >= 0.6 is 69.6 Å². The quantitative estimate of drug-likeness (QED) is 0.0352. The average Bonchev–Trinajstić information content (AvgIpc) is 0.752. The molecule has 138 heavy (non-hydrogen) atoms. The van der Waals surface area contributed by atoms with Crippen molar-refractivity contribution in [3.05, 3.63) is 437 Å². The predicted octanol–water partition coefficient (Wildman–Crippen LogP) is 22.1. The van der Waals surface area contributed by atoms with E-state index in [0.29, 0.717) is 35.7 Å². The first-order valence-corrected chi connectivity index (χ1v) is 48.4. The summed E-state index contributed by atoms with van der Waals surface area (Å²) in [7, 11) is 0. The highest BCUT2D eigenvalue weighted by Gasteiger charge is 2.60. The molecule has 0 aromatic heterocycles. The Balaban J connectivity index is 0.882. The number of halogens is 6. The third-order valence-electron chi connectivity index (χ3n) is 23.9. The van der Waals surface area contributed by atoms with E-state index >= 15 is 0 Å². The summed E-state index contributed by atoms with van der Waals surface area (Å²) < 4.78 is 148. The van der Waals surface area contributed by atoms with Gasteiger partial charge in [0, 0.05) is 30.1 Å². The molecule has 21 nitrogen and oxygen atoms in total. The van der Waals surface area contributed by atoms with Gasteiger partial charge in [0.15, 0.2) is 25.2 Å². The Morgan fingerprint density at radius 2 is 0.399 bits per heavy atom. The summed E-state index contributed by atoms with van der Waals surface area (Å²) in [4.78, 5) is 0. The lowest BCUT2D eigenvalue weighted by Crippen LogP contribution is -2.69. The van der Waals surface area contributed by atoms with Crippen LogP contribution in [0, 0.1) is 0 Å². The lowest BCUT2D eigenvalue weighted by atomic mass is 9.94. The van der Waals surface area contributed by atoms with Crippen molar-refractivity contribution in [2.45, 2.75) is 202 Å². The Morgan fingerprint density at radius 1 is 0.210 bits per heavy atom. The monoisotopic (exact) mass is 1990 g/mol. The van der Waals surface area contributed by atoms with Gasteiger partial charge in [-0.15, -0.1) is 6.58 Å². The minimum atomic E-state index is -1.75. The number of aliphatic hydroxyl groups is 1. The highest BCUT2D eigenvalue weighted by atomic mass is 35.5. The van der Waals surface area contributed by atoms with Crippen LogP contribution in [-0.4, -0.2) is 161 Å². The van der Waals surface area contributed by atoms with Crippen molar-refractivity contribution < 1.29 is 99.8 Å². The molecule has 12 aromatic rings. The molecule has 1 N–H and O–H groups in total. The molecular formula is C111H112Cl6O21. The minimum Gasteiger partial charge on any atom is -0.385 e. The van der Waals surface area contributed by atoms with Gasteiger partial charge in [-0.1, -0.05) is 330 Å². The number of hydrogen-bond acceptors (Lipinski definition) is 21. The molecule has 4 aliphatic rings. The zero-order valence-electron chi connectivity index (χ0n) is 75.9. The molecule has 0 bridgehead atoms. The van der Waals surface area contributed by atoms with Gasteiger partial charge in [0.1, 0.15) is 97.7 Å². The van der Waals surface area contributed by atoms with E-state index in [-0.39, 0.29) is 112 Å². The Kier molecular flexibility index (Phi) is 39.5. The fraction of sp³-hybridized carbons (Fsp3) is 0.333. The molecule has 0 radical (unpaired) electrons. The van der Waals surface area contributed by atoms with Crippen LogP contribution in [0.25, 0.3) is 0 Å². The van der Waals surface area contributed by atoms with E-state index in [1.807, 2.05) is 255 Å². The number of rotatable bonds is 49. The largest absolute Gasteiger partial charge is 0.385 e. The van der Waals surface area contributed by atoms with E-state index in [4.69, 9.17) is 164 Å². The summed E-state index contributed by atoms with van der Waals surface area (Å²) in [6.07, 6.45) is -24.8. The van der Waals surface area contributed by atoms with Crippen molar-refractivity contribution in [3.8, 4) is 0 Å². The van der Waals surface area contributed by atoms with Crippen molar-refractivity contribution in [3.63, 3.8) is 0 Å². The normalized spacial score (nSPS) is 24.9. The second-order valence-electron chi connectivity index (χ2n) is 34.0. The lowest BCUT2D eigenvalue weighted by Gasteiger charge is -2.52. The highest BCUT2D eigenvalue weighted by Crippen LogP contribution is 2.43. The highest BCUT2D eigenvalue weighted by molar-refractivity contribution is 6.32. The van der Waals surface area contributed by atoms with Crippen molar-refractivity contribution in [1.82, 2.24) is 0 Å². The molecule has 0 unspecified atom stereocenters. The third-order valence-corrected chi connectivity index (χ3v) is 25.4. The first-order chi connectivity index (χ1) is 67.7. The summed E-state index contributed by atoms with van der Waals surface area (Å²) in [5, 5.41) is 17.1. The number of benzene rings is 12. The summed E-state index contributed by atoms with van der Waals surface area (Å²) in [6, 6.07) is 103. The van der Waals surface area contributed by atoms with Crippen LogP contribution in [-0.2, 0) is 174 Å². The number of hydrogen-bond donors (Lipinski definition) is 1. The first-order valence-electron chi connectivity index (χ1n) is 46.1. The molecule has 0 spiro atoms. The van der Waals surface area contributed by atoms with E-state index in [0.717, 1.165) is 61.2 Å². The second kappa shape index (κ2) is 53.4. The fourth-order valence-electron chi connectivity index (χ4n) is 16.8. The molecule has 4 fully saturated rings. The topological polar surface area (TPSA) is 205 Å². The molecule has 0 aliphatic carbocycles. The standard InChI is InChI=1S/C111H112Cl6O21/c1-2-57-123-109-105(102(129-64-78-29-17-7-18-30-78)98(125-62-76-25-13-5-14-26-76)93(133-109)71-119-58-74-21-9-3-10-22-74)137-111-107(104(130-65-79-31-19-8-20-32-79)100(126-63-77-27-15-6-16-28-77)94(135-111)72-120-59-75-23-11-4-12-24-75)138-110-106(103(131-69-85-43-55-91(117)56-44-85)99(127-67-83-39-51-89(115)52-40-83)95(134-110)73-122-61-81-35-47-87(113)48-36-81)136-108-96(118)101(128-68-84-41-53-90(116)54-42-84)97(124-66-82-37-49-88(114)50-38-82)92(132-108)70-121-60-80-33-45-86(112)46-34-80/h2-56,92-111,118H,1,57-73H2/t92-,93-,94-,95-,96+,97-,98-,99-,100-,101-,102+,103+,104+,105+,106+,107+,108+,109-,110+,111+/m1/s1. The maximum atomic E-state index is 14.0. The van der Waals surface area contributed by atoms with E-state index in [1.54, 1.807) is 78.9 Å². The summed E-state index contributed by atoms with van der Waals surface area (Å²) in [5.74, 6) is 0.